The molecule has 0 unspecified atom stereocenters. The van der Waals surface area contributed by atoms with Crippen LogP contribution in [-0.4, -0.2) is 46.0 Å². The van der Waals surface area contributed by atoms with Crippen LogP contribution < -0.4 is 5.32 Å². The summed E-state index contributed by atoms with van der Waals surface area (Å²) in [5, 5.41) is 11.3. The molecule has 2 aliphatic rings. The van der Waals surface area contributed by atoms with E-state index in [0.717, 1.165) is 56.7 Å². The van der Waals surface area contributed by atoms with Crippen LogP contribution in [0.5, 0.6) is 0 Å². The molecular formula is C16H25FN4S. The average Bonchev–Trinajstić information content (AvgIpc) is 3.10. The Morgan fingerprint density at radius 3 is 2.59 bits per heavy atom. The van der Waals surface area contributed by atoms with Crippen LogP contribution in [-0.2, 0) is 0 Å². The van der Waals surface area contributed by atoms with Gasteiger partial charge in [0.1, 0.15) is 0 Å². The van der Waals surface area contributed by atoms with Crippen LogP contribution in [0.4, 0.5) is 4.39 Å². The molecule has 0 amide bonds. The van der Waals surface area contributed by atoms with Crippen molar-refractivity contribution in [1.29, 1.82) is 0 Å². The second-order valence-electron chi connectivity index (χ2n) is 6.61. The molecule has 6 heteroatoms. The van der Waals surface area contributed by atoms with Crippen molar-refractivity contribution in [2.24, 2.45) is 5.92 Å². The molecule has 0 aromatic carbocycles. The van der Waals surface area contributed by atoms with Crippen molar-refractivity contribution < 1.29 is 4.39 Å². The fraction of sp³-hybridized carbons (Fsp3) is 0.750. The maximum absolute atomic E-state index is 12.7. The minimum atomic E-state index is -0.168. The second kappa shape index (κ2) is 7.40. The molecule has 2 N–H and O–H groups in total. The molecule has 1 saturated heterocycles. The van der Waals surface area contributed by atoms with Crippen LogP contribution in [0.3, 0.4) is 0 Å². The van der Waals surface area contributed by atoms with Crippen molar-refractivity contribution in [3.05, 3.63) is 18.0 Å². The van der Waals surface area contributed by atoms with Crippen LogP contribution in [0.25, 0.3) is 0 Å². The lowest BCUT2D eigenvalue weighted by atomic mass is 9.87. The van der Waals surface area contributed by atoms with Crippen LogP contribution in [0.1, 0.15) is 50.0 Å². The van der Waals surface area contributed by atoms with E-state index in [1.807, 2.05) is 12.4 Å². The first-order chi connectivity index (χ1) is 10.8. The first kappa shape index (κ1) is 15.7. The first-order valence-electron chi connectivity index (χ1n) is 8.36. The number of hydrogen-bond acceptors (Lipinski definition) is 2. The van der Waals surface area contributed by atoms with E-state index in [9.17, 15) is 4.39 Å². The lowest BCUT2D eigenvalue weighted by molar-refractivity contribution is 0.249. The van der Waals surface area contributed by atoms with Crippen molar-refractivity contribution in [2.75, 3.05) is 19.8 Å². The standard InChI is InChI=1S/C16H25FN4S/c17-9-12-1-3-15(4-2-12)20-16(22)21-7-5-13(6-8-21)14-10-18-19-11-14/h10-13,15H,1-9H2,(H,18,19)(H,20,22)/i17-1. The average molecular weight is 323 g/mol. The van der Waals surface area contributed by atoms with Gasteiger partial charge in [-0.15, -0.1) is 0 Å². The van der Waals surface area contributed by atoms with Gasteiger partial charge in [-0.3, -0.25) is 9.49 Å². The van der Waals surface area contributed by atoms with E-state index in [2.05, 4.69) is 20.4 Å². The molecule has 0 bridgehead atoms. The van der Waals surface area contributed by atoms with Crippen LogP contribution >= 0.6 is 12.2 Å². The summed E-state index contributed by atoms with van der Waals surface area (Å²) < 4.78 is 12.7. The number of nitrogens with zero attached hydrogens (tertiary/aromatic N) is 2. The molecule has 4 nitrogen and oxygen atoms in total. The second-order valence-corrected chi connectivity index (χ2v) is 7.00. The normalized spacial score (nSPS) is 26.9. The van der Waals surface area contributed by atoms with Crippen LogP contribution in [0.2, 0.25) is 0 Å². The number of thiocarbonyl (C=S) groups is 1. The minimum absolute atomic E-state index is 0.168. The highest BCUT2D eigenvalue weighted by molar-refractivity contribution is 7.80. The van der Waals surface area contributed by atoms with E-state index in [0.29, 0.717) is 12.0 Å². The zero-order chi connectivity index (χ0) is 15.4. The highest BCUT2D eigenvalue weighted by atomic mass is 32.1. The highest BCUT2D eigenvalue weighted by Gasteiger charge is 2.25. The third kappa shape index (κ3) is 3.77. The molecule has 1 aromatic heterocycles. The number of likely N-dealkylation sites (tertiary alicyclic amines) is 1. The fourth-order valence-electron chi connectivity index (χ4n) is 3.63. The topological polar surface area (TPSA) is 44.0 Å². The van der Waals surface area contributed by atoms with Gasteiger partial charge in [-0.1, -0.05) is 0 Å². The van der Waals surface area contributed by atoms with Gasteiger partial charge >= 0.3 is 0 Å². The summed E-state index contributed by atoms with van der Waals surface area (Å²) in [6.45, 7) is 1.84. The van der Waals surface area contributed by atoms with E-state index in [-0.39, 0.29) is 12.6 Å². The number of nitrogens with one attached hydrogen (secondary N) is 2. The summed E-state index contributed by atoms with van der Waals surface area (Å²) in [5.41, 5.74) is 1.31. The van der Waals surface area contributed by atoms with Gasteiger partial charge in [0.05, 0.1) is 12.9 Å². The van der Waals surface area contributed by atoms with Crippen molar-refractivity contribution in [3.8, 4) is 0 Å². The molecule has 22 heavy (non-hydrogen) atoms. The Bertz CT molecular complexity index is 463. The predicted molar refractivity (Wildman–Crippen MR) is 89.6 cm³/mol. The van der Waals surface area contributed by atoms with E-state index < -0.39 is 0 Å². The van der Waals surface area contributed by atoms with Crippen molar-refractivity contribution in [2.45, 2.75) is 50.5 Å². The molecule has 1 aliphatic heterocycles. The molecule has 3 rings (SSSR count). The molecule has 0 radical (unpaired) electrons. The molecule has 1 aliphatic carbocycles. The lowest BCUT2D eigenvalue weighted by Crippen LogP contribution is -2.48. The molecule has 2 fully saturated rings. The van der Waals surface area contributed by atoms with Crippen LogP contribution in [0.15, 0.2) is 12.4 Å². The van der Waals surface area contributed by atoms with Gasteiger partial charge in [-0.2, -0.15) is 5.10 Å². The monoisotopic (exact) mass is 323 g/mol. The largest absolute Gasteiger partial charge is 0.360 e. The number of piperidine rings is 1. The minimum Gasteiger partial charge on any atom is -0.360 e. The Labute approximate surface area is 136 Å². The quantitative estimate of drug-likeness (QED) is 0.839. The van der Waals surface area contributed by atoms with Crippen molar-refractivity contribution >= 4 is 17.3 Å². The predicted octanol–water partition coefficient (Wildman–Crippen LogP) is 2.99. The van der Waals surface area contributed by atoms with E-state index >= 15 is 0 Å². The Balaban J connectivity index is 1.42. The number of halogens is 1. The maximum atomic E-state index is 12.7. The van der Waals surface area contributed by atoms with Gasteiger partial charge in [0.25, 0.3) is 0 Å². The molecule has 0 spiro atoms. The summed E-state index contributed by atoms with van der Waals surface area (Å²) in [4.78, 5) is 2.28. The van der Waals surface area contributed by atoms with Crippen LogP contribution in [0, 0.1) is 5.92 Å². The Morgan fingerprint density at radius 2 is 2.00 bits per heavy atom. The summed E-state index contributed by atoms with van der Waals surface area (Å²) >= 11 is 5.57. The summed E-state index contributed by atoms with van der Waals surface area (Å²) in [7, 11) is 0. The SMILES string of the molecule is [18F]CC1CCC(NC(=S)N2CCC(c3cn[nH]c3)CC2)CC1. The van der Waals surface area contributed by atoms with Gasteiger partial charge in [0, 0.05) is 25.3 Å². The third-order valence-corrected chi connectivity index (χ3v) is 5.54. The molecule has 122 valence electrons. The van der Waals surface area contributed by atoms with E-state index in [4.69, 9.17) is 12.2 Å². The van der Waals surface area contributed by atoms with Gasteiger partial charge in [-0.25, -0.2) is 0 Å². The number of aromatic amines is 1. The first-order valence-corrected chi connectivity index (χ1v) is 8.77. The van der Waals surface area contributed by atoms with Gasteiger partial charge in [0.15, 0.2) is 5.11 Å². The fourth-order valence-corrected chi connectivity index (χ4v) is 3.98. The Morgan fingerprint density at radius 1 is 1.27 bits per heavy atom. The van der Waals surface area contributed by atoms with Crippen molar-refractivity contribution in [3.63, 3.8) is 0 Å². The third-order valence-electron chi connectivity index (χ3n) is 5.17. The molecule has 2 heterocycles. The zero-order valence-electron chi connectivity index (χ0n) is 12.9. The Hall–Kier alpha value is -1.17. The lowest BCUT2D eigenvalue weighted by Gasteiger charge is -2.36. The number of alkyl halides is 1. The van der Waals surface area contributed by atoms with Gasteiger partial charge in [-0.05, 0) is 68.1 Å². The van der Waals surface area contributed by atoms with Gasteiger partial charge < -0.3 is 10.2 Å². The molecule has 1 aromatic rings. The molecule has 0 atom stereocenters. The molecule has 1 saturated carbocycles. The zero-order valence-corrected chi connectivity index (χ0v) is 13.7. The summed E-state index contributed by atoms with van der Waals surface area (Å²) in [5.74, 6) is 0.870. The summed E-state index contributed by atoms with van der Waals surface area (Å²) in [6, 6.07) is 0.432. The molecular weight excluding hydrogens is 298 g/mol. The number of H-pyrrole nitrogens is 1. The highest BCUT2D eigenvalue weighted by Crippen LogP contribution is 2.28. The summed E-state index contributed by atoms with van der Waals surface area (Å²) in [6.07, 6.45) is 10.2. The number of aromatic nitrogens is 2. The number of rotatable bonds is 3. The van der Waals surface area contributed by atoms with E-state index in [1.165, 1.54) is 5.56 Å². The number of hydrogen-bond donors (Lipinski definition) is 2. The Kier molecular flexibility index (Phi) is 5.28. The maximum Gasteiger partial charge on any atom is 0.169 e. The smallest absolute Gasteiger partial charge is 0.169 e. The van der Waals surface area contributed by atoms with Gasteiger partial charge in [0.2, 0.25) is 0 Å². The van der Waals surface area contributed by atoms with Crippen molar-refractivity contribution in [1.82, 2.24) is 20.4 Å². The van der Waals surface area contributed by atoms with E-state index in [1.54, 1.807) is 0 Å².